The van der Waals surface area contributed by atoms with Crippen molar-refractivity contribution in [2.24, 2.45) is 0 Å². The predicted octanol–water partition coefficient (Wildman–Crippen LogP) is 3.79. The molecule has 4 nitrogen and oxygen atoms in total. The van der Waals surface area contributed by atoms with E-state index in [2.05, 4.69) is 36.3 Å². The molecule has 0 fully saturated rings. The summed E-state index contributed by atoms with van der Waals surface area (Å²) in [5.41, 5.74) is 1.90. The number of carbonyl (C=O) groups excluding carboxylic acids is 1. The number of benzene rings is 1. The number of anilines is 1. The Labute approximate surface area is 131 Å². The summed E-state index contributed by atoms with van der Waals surface area (Å²) in [6.07, 6.45) is 2.85. The van der Waals surface area contributed by atoms with Gasteiger partial charge in [0.05, 0.1) is 19.0 Å². The standard InChI is InChI=1S/C18H22N2O2/c1-18(2,14-7-5-4-6-8-14)12-11-16(21)20-15-9-10-17(22-3)19-13-15/h4-10,13H,11-12H2,1-3H3,(H,20,21). The van der Waals surface area contributed by atoms with Crippen molar-refractivity contribution in [3.63, 3.8) is 0 Å². The van der Waals surface area contributed by atoms with Gasteiger partial charge in [-0.3, -0.25) is 4.79 Å². The van der Waals surface area contributed by atoms with Crippen LogP contribution in [0.2, 0.25) is 0 Å². The summed E-state index contributed by atoms with van der Waals surface area (Å²) < 4.78 is 4.99. The van der Waals surface area contributed by atoms with Gasteiger partial charge in [-0.15, -0.1) is 0 Å². The summed E-state index contributed by atoms with van der Waals surface area (Å²) in [5, 5.41) is 2.86. The van der Waals surface area contributed by atoms with Gasteiger partial charge in [-0.2, -0.15) is 0 Å². The maximum absolute atomic E-state index is 12.1. The zero-order valence-electron chi connectivity index (χ0n) is 13.3. The Morgan fingerprint density at radius 2 is 1.91 bits per heavy atom. The first-order valence-electron chi connectivity index (χ1n) is 7.37. The van der Waals surface area contributed by atoms with Crippen molar-refractivity contribution < 1.29 is 9.53 Å². The SMILES string of the molecule is COc1ccc(NC(=O)CCC(C)(C)c2ccccc2)cn1. The molecule has 0 saturated heterocycles. The molecule has 1 aromatic heterocycles. The van der Waals surface area contributed by atoms with E-state index in [-0.39, 0.29) is 11.3 Å². The molecule has 4 heteroatoms. The van der Waals surface area contributed by atoms with Gasteiger partial charge in [0.2, 0.25) is 11.8 Å². The van der Waals surface area contributed by atoms with Crippen molar-refractivity contribution in [3.8, 4) is 5.88 Å². The number of pyridine rings is 1. The van der Waals surface area contributed by atoms with Crippen LogP contribution in [-0.4, -0.2) is 18.0 Å². The monoisotopic (exact) mass is 298 g/mol. The second kappa shape index (κ2) is 7.07. The van der Waals surface area contributed by atoms with Crippen LogP contribution in [0.4, 0.5) is 5.69 Å². The summed E-state index contributed by atoms with van der Waals surface area (Å²) in [4.78, 5) is 16.1. The minimum Gasteiger partial charge on any atom is -0.481 e. The van der Waals surface area contributed by atoms with E-state index < -0.39 is 0 Å². The van der Waals surface area contributed by atoms with Crippen LogP contribution in [0.25, 0.3) is 0 Å². The Morgan fingerprint density at radius 3 is 2.50 bits per heavy atom. The molecule has 0 aliphatic rings. The molecule has 1 aromatic carbocycles. The van der Waals surface area contributed by atoms with Gasteiger partial charge in [0.15, 0.2) is 0 Å². The highest BCUT2D eigenvalue weighted by atomic mass is 16.5. The van der Waals surface area contributed by atoms with Crippen LogP contribution in [0, 0.1) is 0 Å². The lowest BCUT2D eigenvalue weighted by Gasteiger charge is -2.25. The van der Waals surface area contributed by atoms with Crippen LogP contribution in [0.15, 0.2) is 48.7 Å². The number of rotatable bonds is 6. The van der Waals surface area contributed by atoms with Crippen LogP contribution < -0.4 is 10.1 Å². The van der Waals surface area contributed by atoms with E-state index in [0.717, 1.165) is 6.42 Å². The Hall–Kier alpha value is -2.36. The van der Waals surface area contributed by atoms with Crippen molar-refractivity contribution in [2.75, 3.05) is 12.4 Å². The van der Waals surface area contributed by atoms with Crippen LogP contribution in [0.5, 0.6) is 5.88 Å². The minimum absolute atomic E-state index is 0.00373. The zero-order valence-corrected chi connectivity index (χ0v) is 13.3. The van der Waals surface area contributed by atoms with Crippen LogP contribution in [0.1, 0.15) is 32.3 Å². The van der Waals surface area contributed by atoms with Crippen molar-refractivity contribution in [1.29, 1.82) is 0 Å². The highest BCUT2D eigenvalue weighted by Crippen LogP contribution is 2.28. The maximum Gasteiger partial charge on any atom is 0.224 e. The van der Waals surface area contributed by atoms with Gasteiger partial charge in [0.25, 0.3) is 0 Å². The summed E-state index contributed by atoms with van der Waals surface area (Å²) in [7, 11) is 1.56. The molecule has 1 heterocycles. The third-order valence-corrected chi connectivity index (χ3v) is 3.76. The second-order valence-electron chi connectivity index (χ2n) is 5.89. The minimum atomic E-state index is -0.0310. The number of ether oxygens (including phenoxy) is 1. The van der Waals surface area contributed by atoms with Crippen molar-refractivity contribution in [3.05, 3.63) is 54.2 Å². The largest absolute Gasteiger partial charge is 0.481 e. The third kappa shape index (κ3) is 4.32. The number of methoxy groups -OCH3 is 1. The van der Waals surface area contributed by atoms with E-state index in [4.69, 9.17) is 4.74 Å². The van der Waals surface area contributed by atoms with Crippen molar-refractivity contribution in [2.45, 2.75) is 32.1 Å². The average Bonchev–Trinajstić information content (AvgIpc) is 2.55. The summed E-state index contributed by atoms with van der Waals surface area (Å²) in [6.45, 7) is 4.31. The van der Waals surface area contributed by atoms with E-state index in [1.165, 1.54) is 5.56 Å². The van der Waals surface area contributed by atoms with E-state index in [1.54, 1.807) is 25.4 Å². The molecule has 0 spiro atoms. The molecule has 0 bridgehead atoms. The lowest BCUT2D eigenvalue weighted by molar-refractivity contribution is -0.116. The molecule has 2 aromatic rings. The molecule has 1 amide bonds. The zero-order chi connectivity index (χ0) is 16.0. The average molecular weight is 298 g/mol. The first-order valence-corrected chi connectivity index (χ1v) is 7.37. The van der Waals surface area contributed by atoms with E-state index >= 15 is 0 Å². The Morgan fingerprint density at radius 1 is 1.18 bits per heavy atom. The molecular weight excluding hydrogens is 276 g/mol. The Bertz CT molecular complexity index is 607. The smallest absolute Gasteiger partial charge is 0.224 e. The van der Waals surface area contributed by atoms with Gasteiger partial charge < -0.3 is 10.1 Å². The molecule has 22 heavy (non-hydrogen) atoms. The number of hydrogen-bond acceptors (Lipinski definition) is 3. The first kappa shape index (κ1) is 16.0. The van der Waals surface area contributed by atoms with E-state index in [1.807, 2.05) is 18.2 Å². The lowest BCUT2D eigenvalue weighted by atomic mass is 9.80. The second-order valence-corrected chi connectivity index (χ2v) is 5.89. The maximum atomic E-state index is 12.1. The molecule has 2 rings (SSSR count). The number of nitrogens with one attached hydrogen (secondary N) is 1. The van der Waals surface area contributed by atoms with Crippen molar-refractivity contribution >= 4 is 11.6 Å². The van der Waals surface area contributed by atoms with Gasteiger partial charge in [0.1, 0.15) is 0 Å². The highest BCUT2D eigenvalue weighted by molar-refractivity contribution is 5.90. The first-order chi connectivity index (χ1) is 10.5. The molecule has 0 saturated carbocycles. The molecule has 0 aliphatic heterocycles. The topological polar surface area (TPSA) is 51.2 Å². The number of carbonyl (C=O) groups is 1. The Balaban J connectivity index is 1.89. The van der Waals surface area contributed by atoms with Gasteiger partial charge in [-0.05, 0) is 23.5 Å². The van der Waals surface area contributed by atoms with E-state index in [0.29, 0.717) is 18.0 Å². The molecule has 0 unspecified atom stereocenters. The third-order valence-electron chi connectivity index (χ3n) is 3.76. The van der Waals surface area contributed by atoms with Gasteiger partial charge >= 0.3 is 0 Å². The summed E-state index contributed by atoms with van der Waals surface area (Å²) >= 11 is 0. The van der Waals surface area contributed by atoms with Crippen LogP contribution >= 0.6 is 0 Å². The van der Waals surface area contributed by atoms with Gasteiger partial charge in [-0.25, -0.2) is 4.98 Å². The molecule has 116 valence electrons. The Kier molecular flexibility index (Phi) is 5.15. The van der Waals surface area contributed by atoms with E-state index in [9.17, 15) is 4.79 Å². The van der Waals surface area contributed by atoms with Crippen LogP contribution in [-0.2, 0) is 10.2 Å². The lowest BCUT2D eigenvalue weighted by Crippen LogP contribution is -2.21. The quantitative estimate of drug-likeness (QED) is 0.882. The molecular formula is C18H22N2O2. The normalized spacial score (nSPS) is 11.0. The van der Waals surface area contributed by atoms with Gasteiger partial charge in [0, 0.05) is 12.5 Å². The number of nitrogens with zero attached hydrogens (tertiary/aromatic N) is 1. The molecule has 0 atom stereocenters. The summed E-state index contributed by atoms with van der Waals surface area (Å²) in [5.74, 6) is 0.527. The predicted molar refractivity (Wildman–Crippen MR) is 88.1 cm³/mol. The molecule has 1 N–H and O–H groups in total. The molecule has 0 aliphatic carbocycles. The number of hydrogen-bond donors (Lipinski definition) is 1. The highest BCUT2D eigenvalue weighted by Gasteiger charge is 2.21. The fraction of sp³-hybridized carbons (Fsp3) is 0.333. The number of amides is 1. The fourth-order valence-corrected chi connectivity index (χ4v) is 2.26. The number of aromatic nitrogens is 1. The van der Waals surface area contributed by atoms with Crippen molar-refractivity contribution in [1.82, 2.24) is 4.98 Å². The summed E-state index contributed by atoms with van der Waals surface area (Å²) in [6, 6.07) is 13.8. The molecule has 0 radical (unpaired) electrons. The fourth-order valence-electron chi connectivity index (χ4n) is 2.26. The van der Waals surface area contributed by atoms with Gasteiger partial charge in [-0.1, -0.05) is 44.2 Å². The van der Waals surface area contributed by atoms with Crippen LogP contribution in [0.3, 0.4) is 0 Å².